The van der Waals surface area contributed by atoms with Crippen LogP contribution in [-0.4, -0.2) is 32.1 Å². The second-order valence-corrected chi connectivity index (χ2v) is 17.1. The van der Waals surface area contributed by atoms with E-state index in [1.807, 2.05) is 0 Å². The Morgan fingerprint density at radius 2 is 1.35 bits per heavy atom. The predicted octanol–water partition coefficient (Wildman–Crippen LogP) is 2.53. The van der Waals surface area contributed by atoms with E-state index in [0.29, 0.717) is 5.57 Å². The maximum absolute atomic E-state index is 11.5. The summed E-state index contributed by atoms with van der Waals surface area (Å²) in [4.78, 5) is 11.5. The Hall–Kier alpha value is -0.219. The molecule has 0 unspecified atom stereocenters. The summed E-state index contributed by atoms with van der Waals surface area (Å²) in [5, 5.41) is 0. The molecule has 0 fully saturated rings. The Bertz CT molecular complexity index is 275. The van der Waals surface area contributed by atoms with Gasteiger partial charge in [-0.25, -0.2) is 4.79 Å². The van der Waals surface area contributed by atoms with Gasteiger partial charge in [-0.05, 0) is 46.2 Å². The Balaban J connectivity index is 4.63. The largest absolute Gasteiger partial charge is 0.530 e. The third kappa shape index (κ3) is 9.48. The van der Waals surface area contributed by atoms with E-state index in [1.165, 1.54) is 0 Å². The van der Waals surface area contributed by atoms with Crippen LogP contribution in [0.4, 0.5) is 0 Å². The van der Waals surface area contributed by atoms with Gasteiger partial charge < -0.3 is 12.7 Å². The molecule has 17 heavy (non-hydrogen) atoms. The van der Waals surface area contributed by atoms with Crippen molar-refractivity contribution in [2.24, 2.45) is 0 Å². The van der Waals surface area contributed by atoms with Crippen molar-refractivity contribution in [1.29, 1.82) is 0 Å². The summed E-state index contributed by atoms with van der Waals surface area (Å²) >= 11 is 0. The summed E-state index contributed by atoms with van der Waals surface area (Å²) in [5.74, 6) is -0.418. The molecule has 0 bridgehead atoms. The first-order chi connectivity index (χ1) is 7.41. The van der Waals surface area contributed by atoms with Crippen LogP contribution in [0.15, 0.2) is 12.2 Å². The van der Waals surface area contributed by atoms with Gasteiger partial charge in [0, 0.05) is 5.57 Å². The van der Waals surface area contributed by atoms with Crippen LogP contribution in [0, 0.1) is 0 Å². The Morgan fingerprint density at radius 1 is 1.00 bits per heavy atom. The molecule has 0 N–H and O–H groups in total. The van der Waals surface area contributed by atoms with Gasteiger partial charge >= 0.3 is 15.5 Å². The fourth-order valence-corrected chi connectivity index (χ4v) is 6.84. The van der Waals surface area contributed by atoms with Gasteiger partial charge in [-0.3, -0.25) is 0 Å². The van der Waals surface area contributed by atoms with Crippen LogP contribution >= 0.6 is 0 Å². The van der Waals surface area contributed by atoms with Crippen LogP contribution in [0.3, 0.4) is 0 Å². The van der Waals surface area contributed by atoms with E-state index in [4.69, 9.17) is 12.7 Å². The number of carbonyl (C=O) groups is 1. The maximum atomic E-state index is 11.5. The fourth-order valence-electron chi connectivity index (χ4n) is 0.838. The van der Waals surface area contributed by atoms with Crippen LogP contribution in [0.5, 0.6) is 0 Å². The Morgan fingerprint density at radius 3 is 1.59 bits per heavy atom. The maximum Gasteiger partial charge on any atom is 0.530 e. The molecule has 0 amide bonds. The molecule has 7 heteroatoms. The molecule has 100 valence electrons. The average Bonchev–Trinajstić information content (AvgIpc) is 1.96. The zero-order chi connectivity index (χ0) is 13.9. The number of hydrogen-bond acceptors (Lipinski definition) is 4. The summed E-state index contributed by atoms with van der Waals surface area (Å²) in [6, 6.07) is 0. The first-order valence-electron chi connectivity index (χ1n) is 5.63. The molecule has 0 rings (SSSR count). The third-order valence-corrected chi connectivity index (χ3v) is 9.05. The normalized spacial score (nSPS) is 12.7. The van der Waals surface area contributed by atoms with Gasteiger partial charge in [-0.2, -0.15) is 0 Å². The molecule has 0 heterocycles. The zero-order valence-corrected chi connectivity index (χ0v) is 15.1. The third-order valence-electron chi connectivity index (χ3n) is 1.45. The smallest absolute Gasteiger partial charge is 0.473 e. The second kappa shape index (κ2) is 6.10. The highest BCUT2D eigenvalue weighted by molar-refractivity contribution is 6.79. The SMILES string of the molecule is C=C(C)C(=O)O[SiH](O[Si](C)(C)C)O[Si](C)(C)C. The highest BCUT2D eigenvalue weighted by atomic mass is 28.5. The molecule has 0 saturated heterocycles. The van der Waals surface area contributed by atoms with Crippen LogP contribution in [0.25, 0.3) is 0 Å². The first-order valence-corrected chi connectivity index (χ1v) is 13.9. The Labute approximate surface area is 108 Å². The van der Waals surface area contributed by atoms with Crippen molar-refractivity contribution in [3.63, 3.8) is 0 Å². The van der Waals surface area contributed by atoms with Crippen LogP contribution < -0.4 is 0 Å². The highest BCUT2D eigenvalue weighted by Crippen LogP contribution is 2.13. The molecular formula is C10H24O4Si3. The van der Waals surface area contributed by atoms with Crippen molar-refractivity contribution in [3.8, 4) is 0 Å². The van der Waals surface area contributed by atoms with E-state index >= 15 is 0 Å². The van der Waals surface area contributed by atoms with Crippen molar-refractivity contribution < 1.29 is 17.5 Å². The van der Waals surface area contributed by atoms with Crippen molar-refractivity contribution >= 4 is 32.1 Å². The molecular weight excluding hydrogens is 268 g/mol. The molecule has 0 aliphatic heterocycles. The quantitative estimate of drug-likeness (QED) is 0.557. The van der Waals surface area contributed by atoms with Crippen LogP contribution in [0.1, 0.15) is 6.92 Å². The minimum atomic E-state index is -2.38. The summed E-state index contributed by atoms with van der Waals surface area (Å²) in [6.45, 7) is 17.5. The molecule has 0 atom stereocenters. The monoisotopic (exact) mass is 292 g/mol. The van der Waals surface area contributed by atoms with Crippen LogP contribution in [0.2, 0.25) is 39.3 Å². The summed E-state index contributed by atoms with van der Waals surface area (Å²) in [5.41, 5.74) is 0.376. The van der Waals surface area contributed by atoms with E-state index in [-0.39, 0.29) is 0 Å². The summed E-state index contributed by atoms with van der Waals surface area (Å²) in [7, 11) is -5.92. The van der Waals surface area contributed by atoms with E-state index in [9.17, 15) is 4.79 Å². The highest BCUT2D eigenvalue weighted by Gasteiger charge is 2.32. The predicted molar refractivity (Wildman–Crippen MR) is 76.9 cm³/mol. The summed E-state index contributed by atoms with van der Waals surface area (Å²) in [6.07, 6.45) is 0. The molecule has 0 aliphatic rings. The fraction of sp³-hybridized carbons (Fsp3) is 0.700. The lowest BCUT2D eigenvalue weighted by Crippen LogP contribution is -2.46. The van der Waals surface area contributed by atoms with E-state index < -0.39 is 32.1 Å². The van der Waals surface area contributed by atoms with E-state index in [2.05, 4.69) is 45.9 Å². The van der Waals surface area contributed by atoms with Crippen molar-refractivity contribution in [1.82, 2.24) is 0 Å². The standard InChI is InChI=1S/C10H24O4Si3/c1-9(2)10(11)12-15(13-16(3,4)5)14-17(6,7)8/h15H,1H2,2-8H3. The molecule has 4 nitrogen and oxygen atoms in total. The van der Waals surface area contributed by atoms with Gasteiger partial charge in [-0.1, -0.05) is 6.58 Å². The van der Waals surface area contributed by atoms with Crippen molar-refractivity contribution in [3.05, 3.63) is 12.2 Å². The molecule has 0 aliphatic carbocycles. The number of hydrogen-bond donors (Lipinski definition) is 0. The van der Waals surface area contributed by atoms with Gasteiger partial charge in [0.15, 0.2) is 16.6 Å². The second-order valence-electron chi connectivity index (χ2n) is 5.93. The topological polar surface area (TPSA) is 44.8 Å². The van der Waals surface area contributed by atoms with Crippen LogP contribution in [-0.2, 0) is 17.5 Å². The van der Waals surface area contributed by atoms with Crippen molar-refractivity contribution in [2.45, 2.75) is 46.2 Å². The van der Waals surface area contributed by atoms with Gasteiger partial charge in [0.2, 0.25) is 0 Å². The lowest BCUT2D eigenvalue weighted by molar-refractivity contribution is -0.132. The zero-order valence-electron chi connectivity index (χ0n) is 11.9. The van der Waals surface area contributed by atoms with E-state index in [1.54, 1.807) is 6.92 Å². The molecule has 0 aromatic rings. The minimum Gasteiger partial charge on any atom is -0.473 e. The van der Waals surface area contributed by atoms with Gasteiger partial charge in [0.1, 0.15) is 0 Å². The number of carbonyl (C=O) groups excluding carboxylic acids is 1. The summed E-state index contributed by atoms with van der Waals surface area (Å²) < 4.78 is 17.0. The van der Waals surface area contributed by atoms with Gasteiger partial charge in [0.25, 0.3) is 0 Å². The molecule has 0 spiro atoms. The average molecular weight is 293 g/mol. The van der Waals surface area contributed by atoms with Crippen molar-refractivity contribution in [2.75, 3.05) is 0 Å². The molecule has 0 radical (unpaired) electrons. The lowest BCUT2D eigenvalue weighted by Gasteiger charge is -2.29. The lowest BCUT2D eigenvalue weighted by atomic mass is 10.4. The first kappa shape index (κ1) is 16.8. The van der Waals surface area contributed by atoms with Gasteiger partial charge in [-0.15, -0.1) is 0 Å². The van der Waals surface area contributed by atoms with Gasteiger partial charge in [0.05, 0.1) is 0 Å². The van der Waals surface area contributed by atoms with E-state index in [0.717, 1.165) is 0 Å². The molecule has 0 saturated carbocycles. The minimum absolute atomic E-state index is 0.376. The number of rotatable bonds is 6. The molecule has 0 aromatic heterocycles. The molecule has 0 aromatic carbocycles. The Kier molecular flexibility index (Phi) is 6.02.